The maximum absolute atomic E-state index is 11.7. The Hall–Kier alpha value is -0.740. The smallest absolute Gasteiger partial charge is 0.180 e. The van der Waals surface area contributed by atoms with Crippen LogP contribution in [0.3, 0.4) is 0 Å². The monoisotopic (exact) mass is 233 g/mol. The molecule has 0 fully saturated rings. The lowest BCUT2D eigenvalue weighted by Gasteiger charge is -2.08. The van der Waals surface area contributed by atoms with E-state index in [1.54, 1.807) is 13.8 Å². The predicted molar refractivity (Wildman–Crippen MR) is 58.2 cm³/mol. The zero-order chi connectivity index (χ0) is 10.9. The third kappa shape index (κ3) is 2.01. The number of benzene rings is 1. The SMILES string of the molecule is CC(C)S(=O)(=O)c1ccc(Cl)c(N)c1. The highest BCUT2D eigenvalue weighted by atomic mass is 35.5. The lowest BCUT2D eigenvalue weighted by atomic mass is 10.3. The van der Waals surface area contributed by atoms with Crippen LogP contribution in [0.25, 0.3) is 0 Å². The van der Waals surface area contributed by atoms with Gasteiger partial charge in [0.25, 0.3) is 0 Å². The van der Waals surface area contributed by atoms with Crippen molar-refractivity contribution in [2.45, 2.75) is 24.0 Å². The molecule has 0 saturated heterocycles. The van der Waals surface area contributed by atoms with E-state index in [2.05, 4.69) is 0 Å². The maximum atomic E-state index is 11.7. The van der Waals surface area contributed by atoms with Gasteiger partial charge < -0.3 is 5.73 Å². The molecule has 3 nitrogen and oxygen atoms in total. The van der Waals surface area contributed by atoms with Gasteiger partial charge in [-0.1, -0.05) is 11.6 Å². The molecule has 2 N–H and O–H groups in total. The van der Waals surface area contributed by atoms with Crippen molar-refractivity contribution in [3.8, 4) is 0 Å². The number of halogens is 1. The lowest BCUT2D eigenvalue weighted by molar-refractivity contribution is 0.587. The molecule has 0 spiro atoms. The fourth-order valence-corrected chi connectivity index (χ4v) is 2.18. The van der Waals surface area contributed by atoms with E-state index >= 15 is 0 Å². The van der Waals surface area contributed by atoms with Gasteiger partial charge in [0.05, 0.1) is 20.9 Å². The van der Waals surface area contributed by atoms with Crippen LogP contribution in [0.15, 0.2) is 23.1 Å². The van der Waals surface area contributed by atoms with Crippen molar-refractivity contribution in [1.29, 1.82) is 0 Å². The molecule has 0 radical (unpaired) electrons. The molecule has 1 rings (SSSR count). The topological polar surface area (TPSA) is 60.2 Å². The molecule has 0 atom stereocenters. The van der Waals surface area contributed by atoms with Gasteiger partial charge in [0, 0.05) is 0 Å². The zero-order valence-electron chi connectivity index (χ0n) is 7.99. The number of rotatable bonds is 2. The number of nitrogen functional groups attached to an aromatic ring is 1. The van der Waals surface area contributed by atoms with Crippen molar-refractivity contribution in [3.05, 3.63) is 23.2 Å². The first kappa shape index (κ1) is 11.3. The molecule has 0 aromatic heterocycles. The summed E-state index contributed by atoms with van der Waals surface area (Å²) < 4.78 is 23.4. The minimum absolute atomic E-state index is 0.217. The lowest BCUT2D eigenvalue weighted by Crippen LogP contribution is -2.14. The number of anilines is 1. The highest BCUT2D eigenvalue weighted by molar-refractivity contribution is 7.92. The van der Waals surface area contributed by atoms with Crippen molar-refractivity contribution >= 4 is 27.1 Å². The minimum atomic E-state index is -3.25. The van der Waals surface area contributed by atoms with E-state index in [0.29, 0.717) is 5.02 Å². The molecule has 0 saturated carbocycles. The molecule has 78 valence electrons. The summed E-state index contributed by atoms with van der Waals surface area (Å²) in [6.45, 7) is 3.25. The van der Waals surface area contributed by atoms with Crippen LogP contribution in [0.1, 0.15) is 13.8 Å². The van der Waals surface area contributed by atoms with Crippen LogP contribution in [0, 0.1) is 0 Å². The van der Waals surface area contributed by atoms with Crippen LogP contribution in [0.5, 0.6) is 0 Å². The summed E-state index contributed by atoms with van der Waals surface area (Å²) in [7, 11) is -3.25. The molecule has 0 aliphatic carbocycles. The molecule has 5 heteroatoms. The number of sulfone groups is 1. The first-order valence-electron chi connectivity index (χ1n) is 4.14. The Kier molecular flexibility index (Phi) is 3.07. The highest BCUT2D eigenvalue weighted by Gasteiger charge is 2.19. The molecule has 1 aromatic carbocycles. The Balaban J connectivity index is 3.29. The molecule has 14 heavy (non-hydrogen) atoms. The van der Waals surface area contributed by atoms with Gasteiger partial charge in [0.2, 0.25) is 0 Å². The van der Waals surface area contributed by atoms with Gasteiger partial charge in [-0.05, 0) is 32.0 Å². The van der Waals surface area contributed by atoms with Gasteiger partial charge in [-0.15, -0.1) is 0 Å². The van der Waals surface area contributed by atoms with E-state index in [-0.39, 0.29) is 10.6 Å². The molecular formula is C9H12ClNO2S. The Morgan fingerprint density at radius 2 is 1.93 bits per heavy atom. The normalized spacial score (nSPS) is 12.0. The second-order valence-corrected chi connectivity index (χ2v) is 6.19. The van der Waals surface area contributed by atoms with Gasteiger partial charge in [-0.25, -0.2) is 8.42 Å². The second-order valence-electron chi connectivity index (χ2n) is 3.28. The van der Waals surface area contributed by atoms with Crippen molar-refractivity contribution < 1.29 is 8.42 Å². The first-order chi connectivity index (χ1) is 6.35. The molecule has 0 amide bonds. The quantitative estimate of drug-likeness (QED) is 0.796. The van der Waals surface area contributed by atoms with Gasteiger partial charge in [0.15, 0.2) is 9.84 Å². The predicted octanol–water partition coefficient (Wildman–Crippen LogP) is 2.10. The highest BCUT2D eigenvalue weighted by Crippen LogP contribution is 2.24. The van der Waals surface area contributed by atoms with E-state index in [0.717, 1.165) is 0 Å². The van der Waals surface area contributed by atoms with Crippen molar-refractivity contribution in [2.75, 3.05) is 5.73 Å². The molecule has 0 bridgehead atoms. The van der Waals surface area contributed by atoms with Crippen LogP contribution < -0.4 is 5.73 Å². The van der Waals surface area contributed by atoms with E-state index in [4.69, 9.17) is 17.3 Å². The van der Waals surface area contributed by atoms with Crippen molar-refractivity contribution in [2.24, 2.45) is 0 Å². The molecule has 0 unspecified atom stereocenters. The first-order valence-corrected chi connectivity index (χ1v) is 6.07. The third-order valence-electron chi connectivity index (χ3n) is 1.92. The van der Waals surface area contributed by atoms with Gasteiger partial charge in [-0.3, -0.25) is 0 Å². The molecule has 0 heterocycles. The molecule has 1 aromatic rings. The Morgan fingerprint density at radius 1 is 1.36 bits per heavy atom. The van der Waals surface area contributed by atoms with Gasteiger partial charge >= 0.3 is 0 Å². The largest absolute Gasteiger partial charge is 0.397 e. The average molecular weight is 234 g/mol. The van der Waals surface area contributed by atoms with Crippen molar-refractivity contribution in [3.63, 3.8) is 0 Å². The zero-order valence-corrected chi connectivity index (χ0v) is 9.56. The van der Waals surface area contributed by atoms with Crippen LogP contribution >= 0.6 is 11.6 Å². The van der Waals surface area contributed by atoms with Gasteiger partial charge in [-0.2, -0.15) is 0 Å². The summed E-state index contributed by atoms with van der Waals surface area (Å²) in [6, 6.07) is 4.35. The third-order valence-corrected chi connectivity index (χ3v) is 4.41. The van der Waals surface area contributed by atoms with E-state index in [1.807, 2.05) is 0 Å². The number of nitrogens with two attached hydrogens (primary N) is 1. The standard InChI is InChI=1S/C9H12ClNO2S/c1-6(2)14(12,13)7-3-4-8(10)9(11)5-7/h3-6H,11H2,1-2H3. The molecular weight excluding hydrogens is 222 g/mol. The number of hydrogen-bond donors (Lipinski definition) is 1. The Bertz CT molecular complexity index is 440. The Labute approximate surface area is 88.8 Å². The Morgan fingerprint density at radius 3 is 2.36 bits per heavy atom. The average Bonchev–Trinajstić information content (AvgIpc) is 2.09. The van der Waals surface area contributed by atoms with Crippen LogP contribution in [0.4, 0.5) is 5.69 Å². The second kappa shape index (κ2) is 3.79. The van der Waals surface area contributed by atoms with E-state index in [1.165, 1.54) is 18.2 Å². The van der Waals surface area contributed by atoms with Crippen LogP contribution in [-0.4, -0.2) is 13.7 Å². The summed E-state index contributed by atoms with van der Waals surface area (Å²) in [6.07, 6.45) is 0. The maximum Gasteiger partial charge on any atom is 0.180 e. The minimum Gasteiger partial charge on any atom is -0.397 e. The summed E-state index contributed by atoms with van der Waals surface area (Å²) >= 11 is 5.69. The van der Waals surface area contributed by atoms with E-state index in [9.17, 15) is 8.42 Å². The summed E-state index contributed by atoms with van der Waals surface area (Å²) in [5.41, 5.74) is 5.81. The van der Waals surface area contributed by atoms with Crippen LogP contribution in [-0.2, 0) is 9.84 Å². The van der Waals surface area contributed by atoms with Crippen LogP contribution in [0.2, 0.25) is 5.02 Å². The van der Waals surface area contributed by atoms with Crippen molar-refractivity contribution in [1.82, 2.24) is 0 Å². The molecule has 0 aliphatic rings. The summed E-state index contributed by atoms with van der Waals surface area (Å²) in [5, 5.41) is -0.0872. The van der Waals surface area contributed by atoms with E-state index < -0.39 is 15.1 Å². The van der Waals surface area contributed by atoms with Gasteiger partial charge in [0.1, 0.15) is 0 Å². The summed E-state index contributed by atoms with van der Waals surface area (Å²) in [4.78, 5) is 0.217. The fourth-order valence-electron chi connectivity index (χ4n) is 0.971. The number of hydrogen-bond acceptors (Lipinski definition) is 3. The molecule has 0 aliphatic heterocycles. The summed E-state index contributed by atoms with van der Waals surface area (Å²) in [5.74, 6) is 0. The fraction of sp³-hybridized carbons (Fsp3) is 0.333.